The zero-order valence-electron chi connectivity index (χ0n) is 24.0. The molecule has 0 radical (unpaired) electrons. The summed E-state index contributed by atoms with van der Waals surface area (Å²) in [6.45, 7) is 4.63. The van der Waals surface area contributed by atoms with Crippen molar-refractivity contribution >= 4 is 34.9 Å². The smallest absolute Gasteiger partial charge is 0.321 e. The van der Waals surface area contributed by atoms with Gasteiger partial charge in [-0.2, -0.15) is 0 Å². The Morgan fingerprint density at radius 2 is 1.35 bits per heavy atom. The van der Waals surface area contributed by atoms with Crippen molar-refractivity contribution in [1.82, 2.24) is 9.80 Å². The molecule has 0 spiro atoms. The van der Waals surface area contributed by atoms with E-state index in [4.69, 9.17) is 0 Å². The summed E-state index contributed by atoms with van der Waals surface area (Å²) in [6.07, 6.45) is 0. The summed E-state index contributed by atoms with van der Waals surface area (Å²) in [4.78, 5) is 44.4. The number of hydrogen-bond acceptors (Lipinski definition) is 4. The minimum absolute atomic E-state index is 0.110. The van der Waals surface area contributed by atoms with Gasteiger partial charge in [-0.25, -0.2) is 9.18 Å². The van der Waals surface area contributed by atoms with Crippen molar-refractivity contribution in [3.63, 3.8) is 0 Å². The molecular weight excluding hydrogens is 545 g/mol. The Bertz CT molecular complexity index is 1540. The maximum atomic E-state index is 13.4. The van der Waals surface area contributed by atoms with E-state index in [9.17, 15) is 18.8 Å². The van der Waals surface area contributed by atoms with E-state index in [2.05, 4.69) is 15.5 Å². The number of anilines is 3. The second kappa shape index (κ2) is 13.7. The standard InChI is InChI=1S/C34H34FN5O3/c1-25-7-13-30(14-8-25)37-34(43)39-21-19-38(20-22-39)31-17-15-29(16-18-31)36-32(41)24-40(23-26-5-3-2-4-6-26)33(42)27-9-11-28(35)12-10-27/h2-18H,19-24H2,1H3,(H,36,41)(H,37,43). The number of hydrogen-bond donors (Lipinski definition) is 2. The van der Waals surface area contributed by atoms with Crippen LogP contribution in [0.3, 0.4) is 0 Å². The largest absolute Gasteiger partial charge is 0.368 e. The van der Waals surface area contributed by atoms with E-state index in [-0.39, 0.29) is 30.9 Å². The molecule has 0 bridgehead atoms. The Morgan fingerprint density at radius 1 is 0.744 bits per heavy atom. The first-order valence-electron chi connectivity index (χ1n) is 14.2. The first-order chi connectivity index (χ1) is 20.8. The fraction of sp³-hybridized carbons (Fsp3) is 0.206. The summed E-state index contributed by atoms with van der Waals surface area (Å²) in [6, 6.07) is 29.8. The number of nitrogens with one attached hydrogen (secondary N) is 2. The second-order valence-electron chi connectivity index (χ2n) is 10.5. The summed E-state index contributed by atoms with van der Waals surface area (Å²) in [5.41, 5.74) is 4.70. The summed E-state index contributed by atoms with van der Waals surface area (Å²) >= 11 is 0. The molecule has 1 fully saturated rings. The van der Waals surface area contributed by atoms with E-state index in [0.717, 1.165) is 22.5 Å². The van der Waals surface area contributed by atoms with Gasteiger partial charge in [-0.3, -0.25) is 9.59 Å². The minimum atomic E-state index is -0.433. The fourth-order valence-corrected chi connectivity index (χ4v) is 4.91. The van der Waals surface area contributed by atoms with Gasteiger partial charge >= 0.3 is 6.03 Å². The van der Waals surface area contributed by atoms with Crippen LogP contribution in [-0.4, -0.2) is 60.4 Å². The van der Waals surface area contributed by atoms with Crippen molar-refractivity contribution in [1.29, 1.82) is 0 Å². The number of aryl methyl sites for hydroxylation is 1. The van der Waals surface area contributed by atoms with E-state index in [1.165, 1.54) is 29.2 Å². The number of rotatable bonds is 8. The molecule has 0 atom stereocenters. The van der Waals surface area contributed by atoms with Crippen LogP contribution in [0.1, 0.15) is 21.5 Å². The Labute approximate surface area is 250 Å². The van der Waals surface area contributed by atoms with Crippen LogP contribution in [0.25, 0.3) is 0 Å². The Hall–Kier alpha value is -5.18. The number of carbonyl (C=O) groups excluding carboxylic acids is 3. The highest BCUT2D eigenvalue weighted by Gasteiger charge is 2.22. The highest BCUT2D eigenvalue weighted by atomic mass is 19.1. The summed E-state index contributed by atoms with van der Waals surface area (Å²) in [7, 11) is 0. The van der Waals surface area contributed by atoms with Crippen molar-refractivity contribution in [2.45, 2.75) is 13.5 Å². The molecule has 43 heavy (non-hydrogen) atoms. The van der Waals surface area contributed by atoms with Crippen molar-refractivity contribution in [3.05, 3.63) is 126 Å². The Balaban J connectivity index is 1.15. The first kappa shape index (κ1) is 29.3. The maximum Gasteiger partial charge on any atom is 0.321 e. The molecule has 220 valence electrons. The highest BCUT2D eigenvalue weighted by molar-refractivity contribution is 5.99. The van der Waals surface area contributed by atoms with Crippen molar-refractivity contribution in [2.24, 2.45) is 0 Å². The van der Waals surface area contributed by atoms with Crippen LogP contribution in [0.5, 0.6) is 0 Å². The van der Waals surface area contributed by atoms with Crippen LogP contribution in [0.4, 0.5) is 26.2 Å². The molecule has 4 aromatic rings. The number of benzene rings is 4. The predicted molar refractivity (Wildman–Crippen MR) is 167 cm³/mol. The van der Waals surface area contributed by atoms with Crippen LogP contribution in [-0.2, 0) is 11.3 Å². The topological polar surface area (TPSA) is 85.0 Å². The number of nitrogens with zero attached hydrogens (tertiary/aromatic N) is 3. The molecule has 5 rings (SSSR count). The van der Waals surface area contributed by atoms with Crippen LogP contribution < -0.4 is 15.5 Å². The van der Waals surface area contributed by atoms with Crippen molar-refractivity contribution < 1.29 is 18.8 Å². The lowest BCUT2D eigenvalue weighted by Gasteiger charge is -2.36. The molecule has 4 amide bonds. The van der Waals surface area contributed by atoms with Gasteiger partial charge in [-0.1, -0.05) is 48.0 Å². The average Bonchev–Trinajstić information content (AvgIpc) is 3.03. The molecule has 0 unspecified atom stereocenters. The first-order valence-corrected chi connectivity index (χ1v) is 14.2. The van der Waals surface area contributed by atoms with Crippen LogP contribution >= 0.6 is 0 Å². The van der Waals surface area contributed by atoms with Crippen molar-refractivity contribution in [3.8, 4) is 0 Å². The molecule has 1 saturated heterocycles. The number of amides is 4. The zero-order valence-corrected chi connectivity index (χ0v) is 24.0. The lowest BCUT2D eigenvalue weighted by molar-refractivity contribution is -0.117. The van der Waals surface area contributed by atoms with Crippen LogP contribution in [0.2, 0.25) is 0 Å². The summed E-state index contributed by atoms with van der Waals surface area (Å²) in [5.74, 6) is -1.13. The van der Waals surface area contributed by atoms with E-state index < -0.39 is 5.82 Å². The highest BCUT2D eigenvalue weighted by Crippen LogP contribution is 2.21. The van der Waals surface area contributed by atoms with E-state index in [0.29, 0.717) is 37.4 Å². The van der Waals surface area contributed by atoms with Gasteiger partial charge in [0.25, 0.3) is 5.91 Å². The van der Waals surface area contributed by atoms with Gasteiger partial charge in [0.1, 0.15) is 12.4 Å². The predicted octanol–water partition coefficient (Wildman–Crippen LogP) is 5.77. The van der Waals surface area contributed by atoms with E-state index in [1.807, 2.05) is 85.8 Å². The zero-order chi connectivity index (χ0) is 30.2. The number of carbonyl (C=O) groups is 3. The summed E-state index contributed by atoms with van der Waals surface area (Å²) in [5, 5.41) is 5.83. The molecule has 0 aliphatic carbocycles. The Morgan fingerprint density at radius 3 is 2.00 bits per heavy atom. The summed E-state index contributed by atoms with van der Waals surface area (Å²) < 4.78 is 13.4. The molecule has 0 saturated carbocycles. The van der Waals surface area contributed by atoms with Gasteiger partial charge < -0.3 is 25.3 Å². The molecule has 1 heterocycles. The maximum absolute atomic E-state index is 13.4. The van der Waals surface area contributed by atoms with Gasteiger partial charge in [0.15, 0.2) is 0 Å². The van der Waals surface area contributed by atoms with Crippen molar-refractivity contribution in [2.75, 3.05) is 48.3 Å². The van der Waals surface area contributed by atoms with Gasteiger partial charge in [-0.15, -0.1) is 0 Å². The molecule has 4 aromatic carbocycles. The molecule has 9 heteroatoms. The van der Waals surface area contributed by atoms with Crippen LogP contribution in [0, 0.1) is 12.7 Å². The normalized spacial score (nSPS) is 12.9. The third kappa shape index (κ3) is 7.97. The van der Waals surface area contributed by atoms with Gasteiger partial charge in [0.2, 0.25) is 5.91 Å². The second-order valence-corrected chi connectivity index (χ2v) is 10.5. The number of urea groups is 1. The SMILES string of the molecule is Cc1ccc(NC(=O)N2CCN(c3ccc(NC(=O)CN(Cc4ccccc4)C(=O)c4ccc(F)cc4)cc3)CC2)cc1. The molecular formula is C34H34FN5O3. The lowest BCUT2D eigenvalue weighted by atomic mass is 10.1. The van der Waals surface area contributed by atoms with Crippen LogP contribution in [0.15, 0.2) is 103 Å². The minimum Gasteiger partial charge on any atom is -0.368 e. The lowest BCUT2D eigenvalue weighted by Crippen LogP contribution is -2.50. The average molecular weight is 580 g/mol. The third-order valence-electron chi connectivity index (χ3n) is 7.32. The quantitative estimate of drug-likeness (QED) is 0.278. The van der Waals surface area contributed by atoms with E-state index in [1.54, 1.807) is 4.90 Å². The molecule has 2 N–H and O–H groups in total. The fourth-order valence-electron chi connectivity index (χ4n) is 4.91. The number of halogens is 1. The molecule has 1 aliphatic rings. The monoisotopic (exact) mass is 579 g/mol. The van der Waals surface area contributed by atoms with E-state index >= 15 is 0 Å². The molecule has 1 aliphatic heterocycles. The van der Waals surface area contributed by atoms with Gasteiger partial charge in [0, 0.05) is 55.3 Å². The third-order valence-corrected chi connectivity index (χ3v) is 7.32. The van der Waals surface area contributed by atoms with Gasteiger partial charge in [-0.05, 0) is 73.2 Å². The molecule has 0 aromatic heterocycles. The molecule has 8 nitrogen and oxygen atoms in total. The number of piperazine rings is 1. The Kier molecular flexibility index (Phi) is 9.31. The van der Waals surface area contributed by atoms with Gasteiger partial charge in [0.05, 0.1) is 0 Å².